The van der Waals surface area contributed by atoms with Crippen molar-refractivity contribution >= 4 is 11.2 Å². The molecule has 0 saturated carbocycles. The van der Waals surface area contributed by atoms with Gasteiger partial charge in [-0.15, -0.1) is 0 Å². The average Bonchev–Trinajstić information content (AvgIpc) is 3.13. The Morgan fingerprint density at radius 3 is 3.13 bits per heavy atom. The summed E-state index contributed by atoms with van der Waals surface area (Å²) in [4.78, 5) is 23.3. The van der Waals surface area contributed by atoms with Crippen LogP contribution in [-0.4, -0.2) is 51.4 Å². The number of aryl methyl sites for hydroxylation is 1. The van der Waals surface area contributed by atoms with Crippen LogP contribution in [0.5, 0.6) is 0 Å². The summed E-state index contributed by atoms with van der Waals surface area (Å²) in [6, 6.07) is -0.0316. The number of aromatic nitrogens is 4. The summed E-state index contributed by atoms with van der Waals surface area (Å²) < 4.78 is 21.0. The molecule has 0 aliphatic carbocycles. The van der Waals surface area contributed by atoms with Gasteiger partial charge in [0.1, 0.15) is 11.9 Å². The zero-order valence-corrected chi connectivity index (χ0v) is 13.6. The molecule has 8 nitrogen and oxygen atoms in total. The summed E-state index contributed by atoms with van der Waals surface area (Å²) in [5.41, 5.74) is 0.507. The molecular weight excluding hydrogens is 298 g/mol. The first kappa shape index (κ1) is 14.8. The fraction of sp³-hybridized carbons (Fsp3) is 0.667. The smallest absolute Gasteiger partial charge is 0.279 e. The van der Waals surface area contributed by atoms with Crippen molar-refractivity contribution in [2.75, 3.05) is 13.7 Å². The second-order valence-corrected chi connectivity index (χ2v) is 5.63. The highest BCUT2D eigenvalue weighted by atomic mass is 16.6. The maximum absolute atomic E-state index is 12.0. The number of imidazole rings is 1. The first-order valence-corrected chi connectivity index (χ1v) is 7.75. The van der Waals surface area contributed by atoms with E-state index in [2.05, 4.69) is 20.3 Å². The summed E-state index contributed by atoms with van der Waals surface area (Å²) in [7, 11) is 1.64. The van der Waals surface area contributed by atoms with E-state index in [1.807, 2.05) is 6.92 Å². The van der Waals surface area contributed by atoms with Gasteiger partial charge in [0.2, 0.25) is 0 Å². The molecule has 2 aromatic heterocycles. The molecule has 0 bridgehead atoms. The van der Waals surface area contributed by atoms with Gasteiger partial charge in [0, 0.05) is 8.48 Å². The van der Waals surface area contributed by atoms with E-state index in [0.29, 0.717) is 18.0 Å². The van der Waals surface area contributed by atoms with Crippen molar-refractivity contribution < 1.29 is 10.8 Å². The molecule has 23 heavy (non-hydrogen) atoms. The van der Waals surface area contributed by atoms with Crippen LogP contribution in [0.4, 0.5) is 0 Å². The normalized spacial score (nSPS) is 28.4. The van der Waals surface area contributed by atoms with E-state index < -0.39 is 6.23 Å². The van der Waals surface area contributed by atoms with Crippen molar-refractivity contribution in [3.63, 3.8) is 0 Å². The van der Waals surface area contributed by atoms with Gasteiger partial charge in [0.15, 0.2) is 17.4 Å². The molecule has 1 fully saturated rings. The molecular formula is C15H23N5O3. The topological polar surface area (TPSA) is 94.1 Å². The van der Waals surface area contributed by atoms with E-state index in [4.69, 9.17) is 10.8 Å². The van der Waals surface area contributed by atoms with Crippen LogP contribution in [0.25, 0.3) is 11.2 Å². The molecule has 0 radical (unpaired) electrons. The van der Waals surface area contributed by atoms with Crippen LogP contribution in [0.3, 0.4) is 0 Å². The second kappa shape index (κ2) is 6.38. The SMILES string of the molecule is [3H]CCN[C@@H]1C(OC)[C@H](n2cnc3c(=O)[nH]c(C)nc32)O[C@@H]1CC. The molecule has 8 heteroatoms. The lowest BCUT2D eigenvalue weighted by molar-refractivity contribution is -0.0482. The molecule has 1 unspecified atom stereocenters. The van der Waals surface area contributed by atoms with Crippen LogP contribution in [0, 0.1) is 6.92 Å². The van der Waals surface area contributed by atoms with E-state index >= 15 is 0 Å². The summed E-state index contributed by atoms with van der Waals surface area (Å²) in [5, 5.41) is 3.34. The van der Waals surface area contributed by atoms with Gasteiger partial charge in [-0.3, -0.25) is 9.36 Å². The zero-order valence-electron chi connectivity index (χ0n) is 14.6. The van der Waals surface area contributed by atoms with Gasteiger partial charge >= 0.3 is 0 Å². The number of likely N-dealkylation sites (N-methyl/N-ethyl adjacent to an activating group) is 1. The van der Waals surface area contributed by atoms with Gasteiger partial charge in [-0.25, -0.2) is 9.97 Å². The zero-order chi connectivity index (χ0) is 17.3. The summed E-state index contributed by atoms with van der Waals surface area (Å²) >= 11 is 0. The van der Waals surface area contributed by atoms with Crippen LogP contribution >= 0.6 is 0 Å². The maximum Gasteiger partial charge on any atom is 0.279 e. The number of hydrogen-bond donors (Lipinski definition) is 2. The van der Waals surface area contributed by atoms with Crippen LogP contribution in [-0.2, 0) is 9.47 Å². The van der Waals surface area contributed by atoms with Gasteiger partial charge in [-0.2, -0.15) is 0 Å². The predicted molar refractivity (Wildman–Crippen MR) is 85.3 cm³/mol. The third-order valence-corrected chi connectivity index (χ3v) is 4.23. The van der Waals surface area contributed by atoms with E-state index in [-0.39, 0.29) is 36.2 Å². The molecule has 2 aromatic rings. The molecule has 4 atom stereocenters. The Labute approximate surface area is 135 Å². The number of rotatable bonds is 5. The summed E-state index contributed by atoms with van der Waals surface area (Å²) in [6.45, 7) is 4.64. The van der Waals surface area contributed by atoms with Crippen molar-refractivity contribution in [2.24, 2.45) is 0 Å². The Bertz CT molecular complexity index is 761. The Morgan fingerprint density at radius 1 is 1.61 bits per heavy atom. The molecule has 126 valence electrons. The maximum atomic E-state index is 12.0. The van der Waals surface area contributed by atoms with E-state index in [0.717, 1.165) is 6.42 Å². The van der Waals surface area contributed by atoms with Crippen molar-refractivity contribution in [1.82, 2.24) is 24.8 Å². The summed E-state index contributed by atoms with van der Waals surface area (Å²) in [6.07, 6.45) is 1.64. The lowest BCUT2D eigenvalue weighted by atomic mass is 10.0. The van der Waals surface area contributed by atoms with E-state index in [1.54, 1.807) is 24.9 Å². The second-order valence-electron chi connectivity index (χ2n) is 5.63. The molecule has 3 heterocycles. The van der Waals surface area contributed by atoms with Crippen molar-refractivity contribution in [3.05, 3.63) is 22.5 Å². The van der Waals surface area contributed by atoms with Gasteiger partial charge in [-0.05, 0) is 19.9 Å². The molecule has 1 aliphatic heterocycles. The Morgan fingerprint density at radius 2 is 2.43 bits per heavy atom. The highest BCUT2D eigenvalue weighted by molar-refractivity contribution is 5.69. The number of ether oxygens (including phenoxy) is 2. The summed E-state index contributed by atoms with van der Waals surface area (Å²) in [5.74, 6) is 0.525. The number of hydrogen-bond acceptors (Lipinski definition) is 6. The standard InChI is InChI=1S/C15H23N5O3/c1-5-9-10(16-6-2)12(22-4)15(23-9)20-7-17-11-13(20)18-8(3)19-14(11)21/h7,9-10,12,15-16H,5-6H2,1-4H3,(H,18,19,21)/t9-,10+,12?,15-/m1/s1/i2T. The lowest BCUT2D eigenvalue weighted by Crippen LogP contribution is -2.45. The molecule has 3 rings (SSSR count). The number of nitrogens with zero attached hydrogens (tertiary/aromatic N) is 3. The first-order chi connectivity index (χ1) is 11.6. The van der Waals surface area contributed by atoms with Crippen LogP contribution in [0.15, 0.2) is 11.1 Å². The number of H-pyrrole nitrogens is 1. The monoisotopic (exact) mass is 323 g/mol. The van der Waals surface area contributed by atoms with Crippen molar-refractivity contribution in [2.45, 2.75) is 51.6 Å². The molecule has 0 amide bonds. The van der Waals surface area contributed by atoms with Crippen molar-refractivity contribution in [1.29, 1.82) is 0 Å². The minimum absolute atomic E-state index is 0.0316. The average molecular weight is 323 g/mol. The van der Waals surface area contributed by atoms with Crippen molar-refractivity contribution in [3.8, 4) is 0 Å². The number of methoxy groups -OCH3 is 1. The molecule has 1 aliphatic rings. The third-order valence-electron chi connectivity index (χ3n) is 4.23. The van der Waals surface area contributed by atoms with E-state index in [9.17, 15) is 4.79 Å². The fourth-order valence-electron chi connectivity index (χ4n) is 3.20. The minimum Gasteiger partial charge on any atom is -0.375 e. The van der Waals surface area contributed by atoms with E-state index in [1.165, 1.54) is 0 Å². The van der Waals surface area contributed by atoms with Gasteiger partial charge in [0.25, 0.3) is 5.56 Å². The lowest BCUT2D eigenvalue weighted by Gasteiger charge is -2.23. The Kier molecular flexibility index (Phi) is 4.11. The molecule has 0 spiro atoms. The Hall–Kier alpha value is -1.77. The molecule has 2 N–H and O–H groups in total. The highest BCUT2D eigenvalue weighted by Crippen LogP contribution is 2.34. The molecule has 1 saturated heterocycles. The quantitative estimate of drug-likeness (QED) is 0.842. The fourth-order valence-corrected chi connectivity index (χ4v) is 3.20. The number of fused-ring (bicyclic) bond motifs is 1. The van der Waals surface area contributed by atoms with Gasteiger partial charge < -0.3 is 19.8 Å². The van der Waals surface area contributed by atoms with Gasteiger partial charge in [-0.1, -0.05) is 13.8 Å². The Balaban J connectivity index is 2.00. The first-order valence-electron chi connectivity index (χ1n) is 8.45. The van der Waals surface area contributed by atoms with Crippen LogP contribution < -0.4 is 10.9 Å². The predicted octanol–water partition coefficient (Wildman–Crippen LogP) is 0.729. The number of nitrogens with one attached hydrogen (secondary N) is 2. The molecule has 0 aromatic carbocycles. The largest absolute Gasteiger partial charge is 0.375 e. The van der Waals surface area contributed by atoms with Crippen LogP contribution in [0.1, 0.15) is 33.7 Å². The minimum atomic E-state index is -0.429. The highest BCUT2D eigenvalue weighted by Gasteiger charge is 2.45. The van der Waals surface area contributed by atoms with Gasteiger partial charge in [0.05, 0.1) is 18.5 Å². The third kappa shape index (κ3) is 2.66. The van der Waals surface area contributed by atoms with Crippen LogP contribution in [0.2, 0.25) is 0 Å². The number of aromatic amines is 1.